The number of para-hydroxylation sites is 1. The van der Waals surface area contributed by atoms with E-state index in [1.165, 1.54) is 15.9 Å². The number of tetrazole rings is 1. The topological polar surface area (TPSA) is 101 Å². The summed E-state index contributed by atoms with van der Waals surface area (Å²) in [5.74, 6) is -1.43. The van der Waals surface area contributed by atoms with Gasteiger partial charge < -0.3 is 10.0 Å². The number of carbonyl (C=O) groups is 2. The lowest BCUT2D eigenvalue weighted by Gasteiger charge is -2.19. The van der Waals surface area contributed by atoms with Crippen LogP contribution in [0, 0.1) is 0 Å². The highest BCUT2D eigenvalue weighted by molar-refractivity contribution is 5.99. The Morgan fingerprint density at radius 3 is 2.70 bits per heavy atom. The van der Waals surface area contributed by atoms with Gasteiger partial charge in [-0.05, 0) is 29.5 Å². The number of nitrogens with zero attached hydrogens (tertiary/aromatic N) is 5. The maximum absolute atomic E-state index is 12.4. The second kappa shape index (κ2) is 5.91. The highest BCUT2D eigenvalue weighted by Crippen LogP contribution is 2.15. The molecule has 0 aliphatic rings. The monoisotopic (exact) mass is 275 g/mol. The fourth-order valence-electron chi connectivity index (χ4n) is 1.79. The van der Waals surface area contributed by atoms with Crippen LogP contribution >= 0.6 is 0 Å². The van der Waals surface area contributed by atoms with Gasteiger partial charge in [0.05, 0.1) is 11.3 Å². The summed E-state index contributed by atoms with van der Waals surface area (Å²) in [6.07, 6.45) is 1.37. The van der Waals surface area contributed by atoms with Gasteiger partial charge in [-0.15, -0.1) is 5.10 Å². The number of benzene rings is 1. The van der Waals surface area contributed by atoms with E-state index < -0.39 is 5.97 Å². The summed E-state index contributed by atoms with van der Waals surface area (Å²) in [6.45, 7) is 1.68. The Kier molecular flexibility index (Phi) is 4.04. The SMILES string of the molecule is CCN(CC(=O)O)C(=O)c1ccccc1-n1cnnn1. The van der Waals surface area contributed by atoms with Gasteiger partial charge >= 0.3 is 5.97 Å². The Labute approximate surface area is 114 Å². The molecule has 0 spiro atoms. The molecule has 0 radical (unpaired) electrons. The van der Waals surface area contributed by atoms with Gasteiger partial charge in [-0.25, -0.2) is 0 Å². The molecule has 0 aliphatic heterocycles. The maximum atomic E-state index is 12.4. The molecule has 0 atom stereocenters. The smallest absolute Gasteiger partial charge is 0.323 e. The zero-order valence-corrected chi connectivity index (χ0v) is 10.8. The lowest BCUT2D eigenvalue weighted by molar-refractivity contribution is -0.137. The third-order valence-corrected chi connectivity index (χ3v) is 2.73. The minimum absolute atomic E-state index is 0.301. The van der Waals surface area contributed by atoms with Gasteiger partial charge in [0, 0.05) is 6.54 Å². The van der Waals surface area contributed by atoms with Crippen LogP contribution < -0.4 is 0 Å². The van der Waals surface area contributed by atoms with E-state index in [1.54, 1.807) is 31.2 Å². The molecule has 0 unspecified atom stereocenters. The Hall–Kier alpha value is -2.77. The number of hydrogen-bond acceptors (Lipinski definition) is 5. The number of likely N-dealkylation sites (N-methyl/N-ethyl adjacent to an activating group) is 1. The van der Waals surface area contributed by atoms with E-state index in [2.05, 4.69) is 15.5 Å². The molecule has 104 valence electrons. The van der Waals surface area contributed by atoms with Crippen molar-refractivity contribution >= 4 is 11.9 Å². The van der Waals surface area contributed by atoms with Crippen molar-refractivity contribution in [3.05, 3.63) is 36.2 Å². The van der Waals surface area contributed by atoms with E-state index in [-0.39, 0.29) is 12.5 Å². The molecule has 8 nitrogen and oxygen atoms in total. The standard InChI is InChI=1S/C12H13N5O3/c1-2-16(7-11(18)19)12(20)9-5-3-4-6-10(9)17-8-13-14-15-17/h3-6,8H,2,7H2,1H3,(H,18,19). The molecule has 1 amide bonds. The zero-order chi connectivity index (χ0) is 14.5. The third-order valence-electron chi connectivity index (χ3n) is 2.73. The van der Waals surface area contributed by atoms with Crippen LogP contribution in [-0.4, -0.2) is 55.2 Å². The fraction of sp³-hybridized carbons (Fsp3) is 0.250. The van der Waals surface area contributed by atoms with E-state index in [0.29, 0.717) is 17.8 Å². The van der Waals surface area contributed by atoms with Crippen LogP contribution in [-0.2, 0) is 4.79 Å². The lowest BCUT2D eigenvalue weighted by Crippen LogP contribution is -2.36. The maximum Gasteiger partial charge on any atom is 0.323 e. The molecule has 1 aromatic carbocycles. The summed E-state index contributed by atoms with van der Waals surface area (Å²) in [5.41, 5.74) is 0.856. The fourth-order valence-corrected chi connectivity index (χ4v) is 1.79. The number of hydrogen-bond donors (Lipinski definition) is 1. The number of rotatable bonds is 5. The van der Waals surface area contributed by atoms with Crippen molar-refractivity contribution in [2.24, 2.45) is 0 Å². The van der Waals surface area contributed by atoms with Crippen LogP contribution in [0.3, 0.4) is 0 Å². The van der Waals surface area contributed by atoms with Gasteiger partial charge in [-0.2, -0.15) is 4.68 Å². The highest BCUT2D eigenvalue weighted by atomic mass is 16.4. The highest BCUT2D eigenvalue weighted by Gasteiger charge is 2.20. The molecule has 0 saturated carbocycles. The Morgan fingerprint density at radius 1 is 1.35 bits per heavy atom. The van der Waals surface area contributed by atoms with E-state index in [1.807, 2.05) is 0 Å². The van der Waals surface area contributed by atoms with Crippen LogP contribution in [0.25, 0.3) is 5.69 Å². The molecule has 2 aromatic rings. The molecule has 1 N–H and O–H groups in total. The van der Waals surface area contributed by atoms with E-state index in [4.69, 9.17) is 5.11 Å². The summed E-state index contributed by atoms with van der Waals surface area (Å²) < 4.78 is 1.36. The Bertz CT molecular complexity index is 611. The van der Waals surface area contributed by atoms with Crippen LogP contribution in [0.1, 0.15) is 17.3 Å². The second-order valence-corrected chi connectivity index (χ2v) is 3.98. The average molecular weight is 275 g/mol. The van der Waals surface area contributed by atoms with E-state index >= 15 is 0 Å². The molecule has 0 aliphatic carbocycles. The van der Waals surface area contributed by atoms with Crippen LogP contribution in [0.5, 0.6) is 0 Å². The number of carboxylic acid groups (broad SMARTS) is 1. The first kappa shape index (κ1) is 13.7. The van der Waals surface area contributed by atoms with Crippen molar-refractivity contribution in [2.75, 3.05) is 13.1 Å². The van der Waals surface area contributed by atoms with Crippen molar-refractivity contribution in [1.82, 2.24) is 25.1 Å². The minimum Gasteiger partial charge on any atom is -0.480 e. The molecule has 1 heterocycles. The predicted octanol–water partition coefficient (Wildman–Crippen LogP) is 0.209. The van der Waals surface area contributed by atoms with Crippen LogP contribution in [0.2, 0.25) is 0 Å². The largest absolute Gasteiger partial charge is 0.480 e. The molecule has 20 heavy (non-hydrogen) atoms. The normalized spacial score (nSPS) is 10.2. The van der Waals surface area contributed by atoms with E-state index in [0.717, 1.165) is 0 Å². The Morgan fingerprint density at radius 2 is 2.10 bits per heavy atom. The first-order valence-corrected chi connectivity index (χ1v) is 5.97. The van der Waals surface area contributed by atoms with Crippen LogP contribution in [0.4, 0.5) is 0 Å². The number of carbonyl (C=O) groups excluding carboxylic acids is 1. The minimum atomic E-state index is -1.06. The van der Waals surface area contributed by atoms with Crippen molar-refractivity contribution in [2.45, 2.75) is 6.92 Å². The second-order valence-electron chi connectivity index (χ2n) is 3.98. The van der Waals surface area contributed by atoms with Crippen LogP contribution in [0.15, 0.2) is 30.6 Å². The number of amides is 1. The van der Waals surface area contributed by atoms with Gasteiger partial charge in [0.1, 0.15) is 12.9 Å². The van der Waals surface area contributed by atoms with Crippen molar-refractivity contribution in [3.63, 3.8) is 0 Å². The van der Waals surface area contributed by atoms with E-state index in [9.17, 15) is 9.59 Å². The summed E-state index contributed by atoms with van der Waals surface area (Å²) in [6, 6.07) is 6.76. The summed E-state index contributed by atoms with van der Waals surface area (Å²) in [5, 5.41) is 19.6. The summed E-state index contributed by atoms with van der Waals surface area (Å²) in [7, 11) is 0. The van der Waals surface area contributed by atoms with Gasteiger partial charge in [0.15, 0.2) is 0 Å². The molecule has 8 heteroatoms. The van der Waals surface area contributed by atoms with Crippen molar-refractivity contribution in [3.8, 4) is 5.69 Å². The molecule has 0 saturated heterocycles. The first-order chi connectivity index (χ1) is 9.63. The average Bonchev–Trinajstić information content (AvgIpc) is 2.98. The third kappa shape index (κ3) is 2.79. The molecular formula is C12H13N5O3. The first-order valence-electron chi connectivity index (χ1n) is 5.97. The lowest BCUT2D eigenvalue weighted by atomic mass is 10.1. The molecule has 1 aromatic heterocycles. The number of aliphatic carboxylic acids is 1. The molecule has 0 fully saturated rings. The van der Waals surface area contributed by atoms with Crippen molar-refractivity contribution in [1.29, 1.82) is 0 Å². The van der Waals surface area contributed by atoms with Gasteiger partial charge in [-0.3, -0.25) is 9.59 Å². The summed E-state index contributed by atoms with van der Waals surface area (Å²) in [4.78, 5) is 24.4. The zero-order valence-electron chi connectivity index (χ0n) is 10.8. The van der Waals surface area contributed by atoms with Crippen molar-refractivity contribution < 1.29 is 14.7 Å². The molecule has 0 bridgehead atoms. The Balaban J connectivity index is 2.37. The number of aromatic nitrogens is 4. The molecule has 2 rings (SSSR count). The van der Waals surface area contributed by atoms with Gasteiger partial charge in [0.25, 0.3) is 5.91 Å². The number of carboxylic acids is 1. The van der Waals surface area contributed by atoms with Gasteiger partial charge in [-0.1, -0.05) is 12.1 Å². The quantitative estimate of drug-likeness (QED) is 0.837. The molecular weight excluding hydrogens is 262 g/mol. The van der Waals surface area contributed by atoms with Gasteiger partial charge in [0.2, 0.25) is 0 Å². The summed E-state index contributed by atoms with van der Waals surface area (Å²) >= 11 is 0. The predicted molar refractivity (Wildman–Crippen MR) is 68.4 cm³/mol.